The lowest BCUT2D eigenvalue weighted by molar-refractivity contribution is 0.475. The lowest BCUT2D eigenvalue weighted by Gasteiger charge is -2.16. The zero-order valence-electron chi connectivity index (χ0n) is 17.3. The molecule has 0 bridgehead atoms. The molecular weight excluding hydrogens is 362 g/mol. The number of benzene rings is 2. The predicted octanol–water partition coefficient (Wildman–Crippen LogP) is 5.33. The summed E-state index contributed by atoms with van der Waals surface area (Å²) < 4.78 is 0. The highest BCUT2D eigenvalue weighted by Gasteiger charge is 2.04. The van der Waals surface area contributed by atoms with Crippen molar-refractivity contribution in [1.82, 2.24) is 5.32 Å². The molecule has 0 atom stereocenters. The molecule has 0 radical (unpaired) electrons. The van der Waals surface area contributed by atoms with Crippen molar-refractivity contribution >= 4 is 23.2 Å². The molecule has 0 heterocycles. The summed E-state index contributed by atoms with van der Waals surface area (Å²) in [4.78, 5) is 9.12. The summed E-state index contributed by atoms with van der Waals surface area (Å²) in [7, 11) is 0. The maximum Gasteiger partial charge on any atom is 0.207 e. The minimum Gasteiger partial charge on any atom is -0.508 e. The lowest BCUT2D eigenvalue weighted by atomic mass is 10.2. The van der Waals surface area contributed by atoms with Gasteiger partial charge in [0, 0.05) is 17.9 Å². The zero-order chi connectivity index (χ0) is 20.9. The van der Waals surface area contributed by atoms with E-state index in [1.54, 1.807) is 24.3 Å². The van der Waals surface area contributed by atoms with Gasteiger partial charge in [0.1, 0.15) is 17.4 Å². The number of phenolic OH excluding ortho intramolecular Hbond substituents is 1. The van der Waals surface area contributed by atoms with Crippen LogP contribution < -0.4 is 16.0 Å². The second-order valence-electron chi connectivity index (χ2n) is 6.72. The summed E-state index contributed by atoms with van der Waals surface area (Å²) in [6.07, 6.45) is 4.70. The number of nitrogens with zero attached hydrogens (tertiary/aromatic N) is 2. The Hall–Kier alpha value is -3.28. The fraction of sp³-hybridized carbons (Fsp3) is 0.304. The van der Waals surface area contributed by atoms with Gasteiger partial charge in [-0.25, -0.2) is 4.99 Å². The fourth-order valence-electron chi connectivity index (χ4n) is 2.62. The highest BCUT2D eigenvalue weighted by Crippen LogP contribution is 2.14. The second-order valence-corrected chi connectivity index (χ2v) is 6.72. The van der Waals surface area contributed by atoms with Gasteiger partial charge in [-0.2, -0.15) is 0 Å². The van der Waals surface area contributed by atoms with Crippen molar-refractivity contribution in [3.05, 3.63) is 67.0 Å². The number of amidine groups is 1. The number of rotatable bonds is 9. The Labute approximate surface area is 173 Å². The first-order valence-corrected chi connectivity index (χ1v) is 10.0. The number of guanidine groups is 1. The van der Waals surface area contributed by atoms with Crippen LogP contribution in [0.3, 0.4) is 0 Å². The summed E-state index contributed by atoms with van der Waals surface area (Å²) in [5, 5.41) is 19.1. The molecule has 0 aromatic heterocycles. The Morgan fingerprint density at radius 2 is 1.62 bits per heavy atom. The van der Waals surface area contributed by atoms with Gasteiger partial charge < -0.3 is 21.1 Å². The third kappa shape index (κ3) is 8.97. The Morgan fingerprint density at radius 3 is 2.31 bits per heavy atom. The van der Waals surface area contributed by atoms with E-state index in [2.05, 4.69) is 39.4 Å². The van der Waals surface area contributed by atoms with Gasteiger partial charge in [-0.1, -0.05) is 51.0 Å². The van der Waals surface area contributed by atoms with Crippen LogP contribution in [0.2, 0.25) is 0 Å². The van der Waals surface area contributed by atoms with E-state index in [0.717, 1.165) is 24.3 Å². The van der Waals surface area contributed by atoms with Crippen LogP contribution in [0.5, 0.6) is 5.75 Å². The first-order valence-electron chi connectivity index (χ1n) is 10.0. The van der Waals surface area contributed by atoms with Gasteiger partial charge in [0.15, 0.2) is 0 Å². The summed E-state index contributed by atoms with van der Waals surface area (Å²) in [6, 6.07) is 16.6. The van der Waals surface area contributed by atoms with Gasteiger partial charge in [0.2, 0.25) is 5.96 Å². The normalized spacial score (nSPS) is 11.8. The van der Waals surface area contributed by atoms with E-state index >= 15 is 0 Å². The number of hydrogen-bond donors (Lipinski definition) is 4. The molecule has 154 valence electrons. The molecule has 0 aliphatic heterocycles. The summed E-state index contributed by atoms with van der Waals surface area (Å²) >= 11 is 0. The maximum absolute atomic E-state index is 9.49. The highest BCUT2D eigenvalue weighted by molar-refractivity contribution is 6.02. The van der Waals surface area contributed by atoms with E-state index in [0.29, 0.717) is 17.6 Å². The van der Waals surface area contributed by atoms with Crippen LogP contribution >= 0.6 is 0 Å². The first kappa shape index (κ1) is 22.0. The highest BCUT2D eigenvalue weighted by atomic mass is 16.3. The van der Waals surface area contributed by atoms with E-state index in [1.807, 2.05) is 37.3 Å². The molecule has 0 amide bonds. The molecule has 0 fully saturated rings. The molecule has 29 heavy (non-hydrogen) atoms. The number of unbranched alkanes of at least 4 members (excludes halogenated alkanes) is 3. The van der Waals surface area contributed by atoms with Crippen LogP contribution in [0, 0.1) is 0 Å². The fourth-order valence-corrected chi connectivity index (χ4v) is 2.62. The number of anilines is 2. The topological polar surface area (TPSA) is 81.0 Å². The monoisotopic (exact) mass is 393 g/mol. The quantitative estimate of drug-likeness (QED) is 0.201. The minimum atomic E-state index is 0.210. The number of hydrogen-bond acceptors (Lipinski definition) is 3. The van der Waals surface area contributed by atoms with Gasteiger partial charge in [-0.3, -0.25) is 4.99 Å². The Kier molecular flexibility index (Phi) is 9.29. The van der Waals surface area contributed by atoms with Crippen LogP contribution in [0.4, 0.5) is 11.4 Å². The van der Waals surface area contributed by atoms with Gasteiger partial charge in [0.25, 0.3) is 0 Å². The van der Waals surface area contributed by atoms with Crippen LogP contribution in [-0.2, 0) is 0 Å². The average Bonchev–Trinajstić information content (AvgIpc) is 2.70. The lowest BCUT2D eigenvalue weighted by Crippen LogP contribution is -2.33. The minimum absolute atomic E-state index is 0.210. The van der Waals surface area contributed by atoms with E-state index in [9.17, 15) is 5.11 Å². The summed E-state index contributed by atoms with van der Waals surface area (Å²) in [5.41, 5.74) is 1.72. The van der Waals surface area contributed by atoms with E-state index in [4.69, 9.17) is 0 Å². The molecule has 2 aromatic rings. The number of phenols is 1. The van der Waals surface area contributed by atoms with Gasteiger partial charge in [0.05, 0.1) is 0 Å². The molecule has 0 saturated heterocycles. The van der Waals surface area contributed by atoms with Gasteiger partial charge in [-0.05, 0) is 49.7 Å². The van der Waals surface area contributed by atoms with Gasteiger partial charge in [-0.15, -0.1) is 0 Å². The van der Waals surface area contributed by atoms with Crippen molar-refractivity contribution in [2.24, 2.45) is 9.98 Å². The molecule has 6 nitrogen and oxygen atoms in total. The molecule has 0 saturated carbocycles. The van der Waals surface area contributed by atoms with Crippen molar-refractivity contribution < 1.29 is 5.11 Å². The van der Waals surface area contributed by atoms with Crippen molar-refractivity contribution in [3.63, 3.8) is 0 Å². The van der Waals surface area contributed by atoms with Crippen LogP contribution in [0.15, 0.2) is 77.0 Å². The molecule has 2 rings (SSSR count). The smallest absolute Gasteiger partial charge is 0.207 e. The van der Waals surface area contributed by atoms with Gasteiger partial charge >= 0.3 is 0 Å². The molecule has 0 aliphatic rings. The predicted molar refractivity (Wildman–Crippen MR) is 124 cm³/mol. The summed E-state index contributed by atoms with van der Waals surface area (Å²) in [6.45, 7) is 8.87. The molecule has 0 aliphatic carbocycles. The van der Waals surface area contributed by atoms with Crippen molar-refractivity contribution in [2.45, 2.75) is 39.5 Å². The molecule has 0 spiro atoms. The Bertz CT molecular complexity index is 813. The average molecular weight is 394 g/mol. The zero-order valence-corrected chi connectivity index (χ0v) is 17.3. The van der Waals surface area contributed by atoms with Crippen LogP contribution in [-0.4, -0.2) is 23.4 Å². The second kappa shape index (κ2) is 12.2. The standard InChI is InChI=1S/C23H31N5O/c1-4-5-6-10-17-24-18(2)26-23(28-21-13-15-22(29)16-14-21)27-19(3)25-20-11-8-7-9-12-20/h7-9,11-16,25,29H,3-6,10,17H2,1-2H3,(H2,24,26,27,28). The molecular formula is C23H31N5O. The van der Waals surface area contributed by atoms with Crippen molar-refractivity contribution in [3.8, 4) is 5.75 Å². The van der Waals surface area contributed by atoms with E-state index in [-0.39, 0.29) is 5.75 Å². The van der Waals surface area contributed by atoms with Crippen molar-refractivity contribution in [1.29, 1.82) is 0 Å². The Balaban J connectivity index is 2.06. The van der Waals surface area contributed by atoms with Crippen molar-refractivity contribution in [2.75, 3.05) is 17.2 Å². The third-order valence-electron chi connectivity index (χ3n) is 4.09. The maximum atomic E-state index is 9.49. The molecule has 6 heteroatoms. The summed E-state index contributed by atoms with van der Waals surface area (Å²) in [5.74, 6) is 1.97. The van der Waals surface area contributed by atoms with E-state index in [1.165, 1.54) is 19.3 Å². The SMILES string of the molecule is C=C(NC(=NC(C)=NCCCCCC)Nc1ccc(O)cc1)Nc1ccccc1. The number of nitrogens with one attached hydrogen (secondary N) is 3. The van der Waals surface area contributed by atoms with Crippen LogP contribution in [0.25, 0.3) is 0 Å². The molecule has 4 N–H and O–H groups in total. The molecule has 0 unspecified atom stereocenters. The number of aliphatic imine (C=N–C) groups is 2. The third-order valence-corrected chi connectivity index (χ3v) is 4.09. The largest absolute Gasteiger partial charge is 0.508 e. The number of aromatic hydroxyl groups is 1. The van der Waals surface area contributed by atoms with Crippen LogP contribution in [0.1, 0.15) is 39.5 Å². The first-order chi connectivity index (χ1) is 14.1. The molecule has 2 aromatic carbocycles. The Morgan fingerprint density at radius 1 is 0.931 bits per heavy atom. The van der Waals surface area contributed by atoms with E-state index < -0.39 is 0 Å². The number of para-hydroxylation sites is 1.